The molecular formula is C17H21N3O5S. The zero-order valence-electron chi connectivity index (χ0n) is 15.0. The number of hydrogen-bond donors (Lipinski definition) is 1. The molecule has 1 aliphatic rings. The number of aromatic nitrogens is 2. The van der Waals surface area contributed by atoms with Crippen LogP contribution in [-0.2, 0) is 16.4 Å². The number of methoxy groups -OCH3 is 1. The molecule has 2 heterocycles. The van der Waals surface area contributed by atoms with Crippen LogP contribution in [0.1, 0.15) is 42.7 Å². The van der Waals surface area contributed by atoms with Crippen molar-refractivity contribution in [3.05, 3.63) is 35.5 Å². The molecule has 0 fully saturated rings. The average molecular weight is 379 g/mol. The minimum Gasteiger partial charge on any atom is -0.493 e. The summed E-state index contributed by atoms with van der Waals surface area (Å²) in [7, 11) is -2.60. The van der Waals surface area contributed by atoms with E-state index in [9.17, 15) is 13.2 Å². The van der Waals surface area contributed by atoms with Crippen LogP contribution < -0.4 is 14.2 Å². The van der Waals surface area contributed by atoms with E-state index < -0.39 is 15.9 Å². The van der Waals surface area contributed by atoms with E-state index in [-0.39, 0.29) is 22.7 Å². The van der Waals surface area contributed by atoms with Gasteiger partial charge in [0.2, 0.25) is 0 Å². The number of fused-ring (bicyclic) bond motifs is 1. The van der Waals surface area contributed by atoms with Crippen molar-refractivity contribution >= 4 is 15.9 Å². The maximum absolute atomic E-state index is 12.5. The maximum atomic E-state index is 12.5. The third kappa shape index (κ3) is 3.39. The summed E-state index contributed by atoms with van der Waals surface area (Å²) >= 11 is 0. The first-order chi connectivity index (χ1) is 12.2. The van der Waals surface area contributed by atoms with Crippen LogP contribution in [0.15, 0.2) is 29.4 Å². The second kappa shape index (κ2) is 6.64. The van der Waals surface area contributed by atoms with Crippen molar-refractivity contribution in [2.24, 2.45) is 0 Å². The molecule has 2 aromatic rings. The van der Waals surface area contributed by atoms with Crippen molar-refractivity contribution in [2.75, 3.05) is 7.11 Å². The van der Waals surface area contributed by atoms with Crippen LogP contribution in [0.2, 0.25) is 0 Å². The second-order valence-corrected chi connectivity index (χ2v) is 8.09. The van der Waals surface area contributed by atoms with E-state index in [2.05, 4.69) is 9.82 Å². The molecule has 0 aliphatic carbocycles. The van der Waals surface area contributed by atoms with Crippen molar-refractivity contribution in [1.29, 1.82) is 0 Å². The second-order valence-electron chi connectivity index (χ2n) is 6.46. The number of sulfonamides is 1. The first-order valence-corrected chi connectivity index (χ1v) is 9.69. The van der Waals surface area contributed by atoms with Crippen LogP contribution in [0.5, 0.6) is 11.5 Å². The Labute approximate surface area is 152 Å². The minimum atomic E-state index is -4.07. The predicted molar refractivity (Wildman–Crippen MR) is 94.1 cm³/mol. The number of benzene rings is 1. The fourth-order valence-electron chi connectivity index (χ4n) is 2.77. The highest BCUT2D eigenvalue weighted by Gasteiger charge is 2.27. The van der Waals surface area contributed by atoms with Crippen LogP contribution in [0.4, 0.5) is 0 Å². The zero-order valence-corrected chi connectivity index (χ0v) is 15.8. The van der Waals surface area contributed by atoms with E-state index in [1.165, 1.54) is 23.9 Å². The van der Waals surface area contributed by atoms with E-state index in [0.717, 1.165) is 5.56 Å². The fraction of sp³-hybridized carbons (Fsp3) is 0.412. The first-order valence-electron chi connectivity index (χ1n) is 8.21. The molecular weight excluding hydrogens is 358 g/mol. The molecule has 0 spiro atoms. The van der Waals surface area contributed by atoms with Gasteiger partial charge in [-0.25, -0.2) is 4.72 Å². The van der Waals surface area contributed by atoms with Gasteiger partial charge in [-0.1, -0.05) is 0 Å². The summed E-state index contributed by atoms with van der Waals surface area (Å²) in [6, 6.07) is 4.46. The Morgan fingerprint density at radius 2 is 2.15 bits per heavy atom. The topological polar surface area (TPSA) is 99.5 Å². The van der Waals surface area contributed by atoms with Gasteiger partial charge in [-0.05, 0) is 39.0 Å². The zero-order chi connectivity index (χ0) is 19.1. The number of nitrogens with zero attached hydrogens (tertiary/aromatic N) is 2. The molecule has 26 heavy (non-hydrogen) atoms. The third-order valence-electron chi connectivity index (χ3n) is 4.06. The van der Waals surface area contributed by atoms with E-state index in [1.807, 2.05) is 20.8 Å². The molecule has 1 N–H and O–H groups in total. The highest BCUT2D eigenvalue weighted by molar-refractivity contribution is 7.90. The van der Waals surface area contributed by atoms with Crippen molar-refractivity contribution in [3.8, 4) is 11.5 Å². The Morgan fingerprint density at radius 3 is 2.77 bits per heavy atom. The van der Waals surface area contributed by atoms with Crippen molar-refractivity contribution in [2.45, 2.75) is 44.4 Å². The fourth-order valence-corrected chi connectivity index (χ4v) is 3.67. The molecule has 1 amide bonds. The number of amides is 1. The Morgan fingerprint density at radius 1 is 1.42 bits per heavy atom. The molecule has 0 radical (unpaired) electrons. The van der Waals surface area contributed by atoms with E-state index in [4.69, 9.17) is 9.47 Å². The highest BCUT2D eigenvalue weighted by Crippen LogP contribution is 2.38. The van der Waals surface area contributed by atoms with E-state index >= 15 is 0 Å². The SMILES string of the molecule is COc1cc(C(=O)NS(=O)(=O)c2ccn(C(C)C)n2)cc2c1OC(C)C2. The van der Waals surface area contributed by atoms with Crippen LogP contribution in [0, 0.1) is 0 Å². The van der Waals surface area contributed by atoms with Gasteiger partial charge in [-0.2, -0.15) is 13.5 Å². The molecule has 1 atom stereocenters. The van der Waals surface area contributed by atoms with E-state index in [0.29, 0.717) is 17.9 Å². The van der Waals surface area contributed by atoms with Gasteiger partial charge in [-0.15, -0.1) is 0 Å². The lowest BCUT2D eigenvalue weighted by molar-refractivity contribution is 0.0981. The lowest BCUT2D eigenvalue weighted by atomic mass is 10.1. The summed E-state index contributed by atoms with van der Waals surface area (Å²) in [4.78, 5) is 12.5. The maximum Gasteiger partial charge on any atom is 0.283 e. The summed E-state index contributed by atoms with van der Waals surface area (Å²) in [6.07, 6.45) is 2.15. The largest absolute Gasteiger partial charge is 0.493 e. The smallest absolute Gasteiger partial charge is 0.283 e. The highest BCUT2D eigenvalue weighted by atomic mass is 32.2. The molecule has 1 aliphatic heterocycles. The molecule has 8 nitrogen and oxygen atoms in total. The number of rotatable bonds is 5. The number of carbonyl (C=O) groups excluding carboxylic acids is 1. The quantitative estimate of drug-likeness (QED) is 0.852. The molecule has 140 valence electrons. The van der Waals surface area contributed by atoms with Crippen LogP contribution in [0.25, 0.3) is 0 Å². The Kier molecular flexibility index (Phi) is 4.66. The molecule has 9 heteroatoms. The molecule has 1 unspecified atom stereocenters. The van der Waals surface area contributed by atoms with Crippen LogP contribution in [0.3, 0.4) is 0 Å². The summed E-state index contributed by atoms with van der Waals surface area (Å²) in [5.41, 5.74) is 0.994. The summed E-state index contributed by atoms with van der Waals surface area (Å²) < 4.78 is 39.4. The van der Waals surface area contributed by atoms with Crippen molar-refractivity contribution in [3.63, 3.8) is 0 Å². The van der Waals surface area contributed by atoms with Crippen LogP contribution in [-0.4, -0.2) is 37.3 Å². The van der Waals surface area contributed by atoms with Gasteiger partial charge in [0.05, 0.1) is 7.11 Å². The number of hydrogen-bond acceptors (Lipinski definition) is 6. The lowest BCUT2D eigenvalue weighted by Gasteiger charge is -2.11. The molecule has 0 saturated heterocycles. The average Bonchev–Trinajstić information content (AvgIpc) is 3.19. The third-order valence-corrected chi connectivity index (χ3v) is 5.28. The Hall–Kier alpha value is -2.55. The molecule has 1 aromatic carbocycles. The molecule has 3 rings (SSSR count). The normalized spacial score (nSPS) is 16.3. The Bertz CT molecular complexity index is 949. The van der Waals surface area contributed by atoms with Gasteiger partial charge in [0.1, 0.15) is 6.10 Å². The van der Waals surface area contributed by atoms with Gasteiger partial charge in [-0.3, -0.25) is 9.48 Å². The van der Waals surface area contributed by atoms with Crippen molar-refractivity contribution in [1.82, 2.24) is 14.5 Å². The first kappa shape index (κ1) is 18.2. The van der Waals surface area contributed by atoms with Gasteiger partial charge in [0, 0.05) is 29.8 Å². The lowest BCUT2D eigenvalue weighted by Crippen LogP contribution is -2.31. The van der Waals surface area contributed by atoms with Gasteiger partial charge >= 0.3 is 0 Å². The molecule has 0 saturated carbocycles. The summed E-state index contributed by atoms with van der Waals surface area (Å²) in [5, 5.41) is 3.79. The number of ether oxygens (including phenoxy) is 2. The van der Waals surface area contributed by atoms with Crippen molar-refractivity contribution < 1.29 is 22.7 Å². The standard InChI is InChI=1S/C17H21N3O5S/c1-10(2)20-6-5-15(18-20)26(22,23)19-17(21)13-8-12-7-11(3)25-16(12)14(9-13)24-4/h5-6,8-11H,7H2,1-4H3,(H,19,21). The monoisotopic (exact) mass is 379 g/mol. The summed E-state index contributed by atoms with van der Waals surface area (Å²) in [6.45, 7) is 5.67. The van der Waals surface area contributed by atoms with Crippen LogP contribution >= 0.6 is 0 Å². The minimum absolute atomic E-state index is 0.0117. The number of nitrogens with one attached hydrogen (secondary N) is 1. The predicted octanol–water partition coefficient (Wildman–Crippen LogP) is 1.91. The molecule has 0 bridgehead atoms. The van der Waals surface area contributed by atoms with E-state index in [1.54, 1.807) is 12.3 Å². The van der Waals surface area contributed by atoms with Gasteiger partial charge < -0.3 is 9.47 Å². The summed E-state index contributed by atoms with van der Waals surface area (Å²) in [5.74, 6) is 0.248. The van der Waals surface area contributed by atoms with Gasteiger partial charge in [0.15, 0.2) is 16.5 Å². The number of carbonyl (C=O) groups is 1. The molecule has 1 aromatic heterocycles. The Balaban J connectivity index is 1.87. The van der Waals surface area contributed by atoms with Gasteiger partial charge in [0.25, 0.3) is 15.9 Å².